The molecule has 0 bridgehead atoms. The van der Waals surface area contributed by atoms with Crippen molar-refractivity contribution in [1.82, 2.24) is 19.6 Å². The van der Waals surface area contributed by atoms with Gasteiger partial charge in [0.1, 0.15) is 46.0 Å². The zero-order valence-electron chi connectivity index (χ0n) is 21.5. The maximum absolute atomic E-state index is 14.7. The molecule has 0 radical (unpaired) electrons. The van der Waals surface area contributed by atoms with E-state index in [1.807, 2.05) is 0 Å². The lowest BCUT2D eigenvalue weighted by Gasteiger charge is -2.26. The molecule has 1 aliphatic rings. The van der Waals surface area contributed by atoms with E-state index in [-0.39, 0.29) is 21.9 Å². The van der Waals surface area contributed by atoms with E-state index in [2.05, 4.69) is 15.1 Å². The van der Waals surface area contributed by atoms with Gasteiger partial charge in [-0.2, -0.15) is 5.09 Å². The lowest BCUT2D eigenvalue weighted by atomic mass is 10.0. The summed E-state index contributed by atoms with van der Waals surface area (Å²) in [6.45, 7) is 5.83. The molecular weight excluding hydrogens is 577 g/mol. The summed E-state index contributed by atoms with van der Waals surface area (Å²) >= 11 is 12.7. The maximum atomic E-state index is 14.7. The van der Waals surface area contributed by atoms with Crippen molar-refractivity contribution in [2.75, 3.05) is 6.61 Å². The quantitative estimate of drug-likeness (QED) is 0.146. The number of nitrogens with one attached hydrogen (secondary N) is 1. The molecule has 6 atom stereocenters. The lowest BCUT2D eigenvalue weighted by molar-refractivity contribution is -0.149. The summed E-state index contributed by atoms with van der Waals surface area (Å²) in [5.41, 5.74) is 0.107. The van der Waals surface area contributed by atoms with Crippen molar-refractivity contribution >= 4 is 48.0 Å². The second-order valence-electron chi connectivity index (χ2n) is 9.40. The molecule has 2 N–H and O–H groups in total. The second kappa shape index (κ2) is 11.7. The van der Waals surface area contributed by atoms with Gasteiger partial charge in [-0.15, -0.1) is 11.6 Å². The molecule has 3 heterocycles. The van der Waals surface area contributed by atoms with Gasteiger partial charge in [0, 0.05) is 6.20 Å². The minimum atomic E-state index is -4.24. The molecule has 1 saturated heterocycles. The first-order valence-electron chi connectivity index (χ1n) is 12.0. The molecule has 0 unspecified atom stereocenters. The monoisotopic (exact) mass is 604 g/mol. The highest BCUT2D eigenvalue weighted by molar-refractivity contribution is 7.52. The van der Waals surface area contributed by atoms with E-state index in [4.69, 9.17) is 41.7 Å². The highest BCUT2D eigenvalue weighted by atomic mass is 35.5. The van der Waals surface area contributed by atoms with E-state index in [1.54, 1.807) is 44.2 Å². The van der Waals surface area contributed by atoms with Crippen LogP contribution < -0.4 is 9.61 Å². The Balaban J connectivity index is 1.56. The van der Waals surface area contributed by atoms with Gasteiger partial charge in [-0.25, -0.2) is 18.9 Å². The summed E-state index contributed by atoms with van der Waals surface area (Å²) in [6.07, 6.45) is -1.76. The van der Waals surface area contributed by atoms with Crippen LogP contribution in [0.25, 0.3) is 11.0 Å². The van der Waals surface area contributed by atoms with E-state index in [9.17, 15) is 18.9 Å². The Hall–Kier alpha value is -2.31. The predicted molar refractivity (Wildman–Crippen MR) is 141 cm³/mol. The number of halogens is 3. The Labute approximate surface area is 234 Å². The molecule has 0 saturated carbocycles. The molecule has 1 aliphatic heterocycles. The fourth-order valence-corrected chi connectivity index (χ4v) is 6.06. The fraction of sp³-hybridized carbons (Fsp3) is 0.458. The van der Waals surface area contributed by atoms with Gasteiger partial charge in [0.2, 0.25) is 0 Å². The fourth-order valence-electron chi connectivity index (χ4n) is 4.04. The number of para-hydroxylation sites is 1. The van der Waals surface area contributed by atoms with E-state index in [1.165, 1.54) is 18.4 Å². The molecule has 3 aromatic rings. The van der Waals surface area contributed by atoms with Crippen LogP contribution in [-0.4, -0.2) is 61.4 Å². The summed E-state index contributed by atoms with van der Waals surface area (Å²) in [5, 5.41) is 13.4. The minimum absolute atomic E-state index is 0.0309. The number of aliphatic hydroxyl groups excluding tert-OH is 1. The van der Waals surface area contributed by atoms with E-state index in [0.29, 0.717) is 0 Å². The largest absolute Gasteiger partial charge is 0.462 e. The number of aromatic nitrogens is 3. The van der Waals surface area contributed by atoms with Crippen LogP contribution in [0, 0.1) is 5.82 Å². The molecule has 4 rings (SSSR count). The molecule has 0 amide bonds. The number of carbonyl (C=O) groups excluding carboxylic acids is 1. The topological polar surface area (TPSA) is 134 Å². The molecule has 15 heteroatoms. The Morgan fingerprint density at radius 3 is 2.67 bits per heavy atom. The number of nitrogens with zero attached hydrogens (tertiary/aromatic N) is 3. The maximum Gasteiger partial charge on any atom is 0.459 e. The smallest absolute Gasteiger partial charge is 0.459 e. The lowest BCUT2D eigenvalue weighted by Crippen LogP contribution is -2.40. The summed E-state index contributed by atoms with van der Waals surface area (Å²) < 4.78 is 52.1. The van der Waals surface area contributed by atoms with Crippen LogP contribution in [0.15, 0.2) is 42.9 Å². The number of fused-ring (bicyclic) bond motifs is 1. The average molecular weight is 605 g/mol. The SMILES string of the molecule is CC(C)OC(=O)[C@@H](C)N[P@@](=O)(OC[C@H]1O[C@@H](n2cc(F)c3c(Cl)ncnc32)[C@](C)(Cl)[C@@H]1O)Oc1ccccc1. The average Bonchev–Trinajstić information content (AvgIpc) is 3.31. The van der Waals surface area contributed by atoms with Crippen LogP contribution in [0.5, 0.6) is 5.75 Å². The van der Waals surface area contributed by atoms with E-state index < -0.39 is 61.6 Å². The van der Waals surface area contributed by atoms with Gasteiger partial charge in [0.25, 0.3) is 0 Å². The van der Waals surface area contributed by atoms with Crippen molar-refractivity contribution in [3.05, 3.63) is 53.8 Å². The molecule has 2 aromatic heterocycles. The normalized spacial score (nSPS) is 25.5. The highest BCUT2D eigenvalue weighted by Gasteiger charge is 2.54. The third-order valence-electron chi connectivity index (χ3n) is 5.92. The van der Waals surface area contributed by atoms with Gasteiger partial charge in [-0.3, -0.25) is 9.32 Å². The molecule has 212 valence electrons. The standard InChI is InChI=1S/C24H28Cl2FN4O7P/c1-13(2)36-22(33)14(3)30-39(34,38-15-8-6-5-7-9-15)35-11-17-19(32)24(4,26)23(37-17)31-10-16(27)18-20(25)28-12-29-21(18)31/h5-10,12-14,17,19,23,32H,11H2,1-4H3,(H,30,34)/t14-,17-,19-,23-,24-,39-/m1/s1. The first-order valence-corrected chi connectivity index (χ1v) is 14.3. The molecule has 39 heavy (non-hydrogen) atoms. The number of hydrogen-bond donors (Lipinski definition) is 2. The molecule has 11 nitrogen and oxygen atoms in total. The van der Waals surface area contributed by atoms with Crippen LogP contribution in [-0.2, 0) is 23.4 Å². The van der Waals surface area contributed by atoms with Crippen LogP contribution >= 0.6 is 30.9 Å². The van der Waals surface area contributed by atoms with E-state index >= 15 is 0 Å². The van der Waals surface area contributed by atoms with E-state index in [0.717, 1.165) is 12.5 Å². The number of aliphatic hydroxyl groups is 1. The Morgan fingerprint density at radius 1 is 1.31 bits per heavy atom. The first-order chi connectivity index (χ1) is 18.3. The molecular formula is C24H28Cl2FN4O7P. The van der Waals surface area contributed by atoms with Gasteiger partial charge >= 0.3 is 13.7 Å². The molecule has 0 aliphatic carbocycles. The van der Waals surface area contributed by atoms with Crippen molar-refractivity contribution in [1.29, 1.82) is 0 Å². The zero-order chi connectivity index (χ0) is 28.5. The van der Waals surface area contributed by atoms with Crippen molar-refractivity contribution in [2.24, 2.45) is 0 Å². The molecule has 0 spiro atoms. The number of benzene rings is 1. The van der Waals surface area contributed by atoms with Crippen molar-refractivity contribution in [3.8, 4) is 5.75 Å². The molecule has 1 aromatic carbocycles. The van der Waals surface area contributed by atoms with Crippen molar-refractivity contribution in [2.45, 2.75) is 63.2 Å². The van der Waals surface area contributed by atoms with Gasteiger partial charge in [0.05, 0.1) is 18.1 Å². The number of alkyl halides is 1. The third kappa shape index (κ3) is 6.38. The van der Waals surface area contributed by atoms with Gasteiger partial charge in [-0.05, 0) is 39.8 Å². The van der Waals surface area contributed by atoms with Gasteiger partial charge < -0.3 is 23.7 Å². The van der Waals surface area contributed by atoms with Crippen molar-refractivity contribution in [3.63, 3.8) is 0 Å². The summed E-state index contributed by atoms with van der Waals surface area (Å²) in [7, 11) is -4.24. The Bertz CT molecular complexity index is 1380. The Kier molecular flexibility index (Phi) is 8.87. The summed E-state index contributed by atoms with van der Waals surface area (Å²) in [5.74, 6) is -1.16. The van der Waals surface area contributed by atoms with Crippen LogP contribution in [0.4, 0.5) is 4.39 Å². The highest BCUT2D eigenvalue weighted by Crippen LogP contribution is 2.49. The van der Waals surface area contributed by atoms with Crippen LogP contribution in [0.2, 0.25) is 5.15 Å². The van der Waals surface area contributed by atoms with Crippen LogP contribution in [0.3, 0.4) is 0 Å². The zero-order valence-corrected chi connectivity index (χ0v) is 23.9. The third-order valence-corrected chi connectivity index (χ3v) is 8.26. The minimum Gasteiger partial charge on any atom is -0.462 e. The number of hydrogen-bond acceptors (Lipinski definition) is 9. The van der Waals surface area contributed by atoms with Gasteiger partial charge in [-0.1, -0.05) is 29.8 Å². The summed E-state index contributed by atoms with van der Waals surface area (Å²) in [4.78, 5) is 18.7. The van der Waals surface area contributed by atoms with Crippen LogP contribution in [0.1, 0.15) is 33.9 Å². The van der Waals surface area contributed by atoms with Gasteiger partial charge in [0.15, 0.2) is 12.0 Å². The number of carbonyl (C=O) groups is 1. The van der Waals surface area contributed by atoms with Crippen molar-refractivity contribution < 1.29 is 37.4 Å². The predicted octanol–water partition coefficient (Wildman–Crippen LogP) is 4.61. The second-order valence-corrected chi connectivity index (χ2v) is 12.3. The number of esters is 1. The number of ether oxygens (including phenoxy) is 2. The molecule has 1 fully saturated rings. The summed E-state index contributed by atoms with van der Waals surface area (Å²) in [6, 6.07) is 7.12. The Morgan fingerprint density at radius 2 is 2.00 bits per heavy atom. The first kappa shape index (κ1) is 29.7. The number of rotatable bonds is 10.